The fourth-order valence-electron chi connectivity index (χ4n) is 7.82. The first-order valence-corrected chi connectivity index (χ1v) is 17.9. The van der Waals surface area contributed by atoms with Crippen LogP contribution in [0.15, 0.2) is 164 Å². The molecule has 0 radical (unpaired) electrons. The van der Waals surface area contributed by atoms with Gasteiger partial charge < -0.3 is 4.57 Å². The molecular formula is C45H27N5S. The van der Waals surface area contributed by atoms with Crippen molar-refractivity contribution in [2.75, 3.05) is 0 Å². The molecule has 7 aromatic carbocycles. The molecule has 6 heteroatoms. The van der Waals surface area contributed by atoms with Crippen LogP contribution in [0.5, 0.6) is 0 Å². The van der Waals surface area contributed by atoms with Gasteiger partial charge in [-0.15, -0.1) is 11.3 Å². The van der Waals surface area contributed by atoms with Crippen LogP contribution in [0.3, 0.4) is 0 Å². The zero-order chi connectivity index (χ0) is 33.5. The van der Waals surface area contributed by atoms with Gasteiger partial charge in [0.15, 0.2) is 11.6 Å². The van der Waals surface area contributed by atoms with Gasteiger partial charge in [0, 0.05) is 52.8 Å². The fourth-order valence-corrected chi connectivity index (χ4v) is 8.94. The van der Waals surface area contributed by atoms with E-state index in [2.05, 4.69) is 137 Å². The summed E-state index contributed by atoms with van der Waals surface area (Å²) in [6, 6.07) is 57.7. The van der Waals surface area contributed by atoms with Crippen molar-refractivity contribution in [3.8, 4) is 34.4 Å². The van der Waals surface area contributed by atoms with Gasteiger partial charge in [-0.25, -0.2) is 4.98 Å². The van der Waals surface area contributed by atoms with Crippen molar-refractivity contribution in [3.05, 3.63) is 164 Å². The maximum Gasteiger partial charge on any atom is 0.238 e. The van der Waals surface area contributed by atoms with E-state index in [1.165, 1.54) is 36.6 Å². The Morgan fingerprint density at radius 1 is 0.373 bits per heavy atom. The van der Waals surface area contributed by atoms with E-state index in [0.29, 0.717) is 17.6 Å². The number of benzene rings is 7. The normalized spacial score (nSPS) is 11.9. The summed E-state index contributed by atoms with van der Waals surface area (Å²) in [5.41, 5.74) is 7.48. The Bertz CT molecular complexity index is 3080. The van der Waals surface area contributed by atoms with Crippen LogP contribution in [0.4, 0.5) is 0 Å². The summed E-state index contributed by atoms with van der Waals surface area (Å²) in [6.07, 6.45) is 0. The van der Waals surface area contributed by atoms with E-state index in [1.807, 2.05) is 47.7 Å². The number of hydrogen-bond donors (Lipinski definition) is 0. The van der Waals surface area contributed by atoms with E-state index in [-0.39, 0.29) is 0 Å². The van der Waals surface area contributed by atoms with Crippen LogP contribution in [0.1, 0.15) is 0 Å². The number of rotatable bonds is 4. The van der Waals surface area contributed by atoms with Crippen molar-refractivity contribution in [2.24, 2.45) is 0 Å². The second-order valence-corrected chi connectivity index (χ2v) is 13.9. The fraction of sp³-hybridized carbons (Fsp3) is 0. The largest absolute Gasteiger partial charge is 0.308 e. The highest BCUT2D eigenvalue weighted by molar-refractivity contribution is 7.25. The Labute approximate surface area is 296 Å². The predicted molar refractivity (Wildman–Crippen MR) is 212 cm³/mol. The molecule has 0 saturated carbocycles. The van der Waals surface area contributed by atoms with Gasteiger partial charge in [0.2, 0.25) is 5.95 Å². The van der Waals surface area contributed by atoms with Gasteiger partial charge in [-0.1, -0.05) is 127 Å². The van der Waals surface area contributed by atoms with Crippen molar-refractivity contribution in [3.63, 3.8) is 0 Å². The lowest BCUT2D eigenvalue weighted by Gasteiger charge is -2.12. The lowest BCUT2D eigenvalue weighted by molar-refractivity contribution is 0.955. The van der Waals surface area contributed by atoms with Gasteiger partial charge >= 0.3 is 0 Å². The van der Waals surface area contributed by atoms with Gasteiger partial charge in [0.1, 0.15) is 0 Å². The molecule has 5 nitrogen and oxygen atoms in total. The molecule has 0 aliphatic rings. The summed E-state index contributed by atoms with van der Waals surface area (Å²) in [6.45, 7) is 0. The molecule has 0 aliphatic carbocycles. The third kappa shape index (κ3) is 4.17. The summed E-state index contributed by atoms with van der Waals surface area (Å²) in [4.78, 5) is 15.5. The zero-order valence-electron chi connectivity index (χ0n) is 27.2. The molecular weight excluding hydrogens is 643 g/mol. The highest BCUT2D eigenvalue weighted by Crippen LogP contribution is 2.44. The molecule has 0 amide bonds. The first-order chi connectivity index (χ1) is 25.3. The van der Waals surface area contributed by atoms with Crippen molar-refractivity contribution in [1.29, 1.82) is 0 Å². The highest BCUT2D eigenvalue weighted by atomic mass is 32.1. The lowest BCUT2D eigenvalue weighted by Crippen LogP contribution is -2.06. The Morgan fingerprint density at radius 3 is 1.69 bits per heavy atom. The molecule has 51 heavy (non-hydrogen) atoms. The maximum atomic E-state index is 5.23. The predicted octanol–water partition coefficient (Wildman–Crippen LogP) is 11.8. The molecule has 4 aromatic heterocycles. The molecule has 0 N–H and O–H groups in total. The van der Waals surface area contributed by atoms with Crippen LogP contribution in [0.2, 0.25) is 0 Å². The van der Waals surface area contributed by atoms with Crippen LogP contribution in [0, 0.1) is 0 Å². The molecule has 0 aliphatic heterocycles. The first-order valence-electron chi connectivity index (χ1n) is 17.0. The quantitative estimate of drug-likeness (QED) is 0.187. The standard InChI is InChI=1S/C45H27N5S/c1-3-14-28(15-4-1)43-46-44(29-16-5-2-6-17-29)48-45(47-43)50-34-21-10-7-18-30(34)31-26-27-37-41(42(31)50)32-19-8-11-22-35(32)49(37)36-23-13-25-39-40(36)33-20-9-12-24-38(33)51-39/h1-27H. The van der Waals surface area contributed by atoms with Crippen molar-refractivity contribution in [1.82, 2.24) is 24.1 Å². The van der Waals surface area contributed by atoms with Gasteiger partial charge in [-0.3, -0.25) is 4.57 Å². The van der Waals surface area contributed by atoms with E-state index in [0.717, 1.165) is 44.0 Å². The molecule has 0 fully saturated rings. The number of aromatic nitrogens is 5. The molecule has 11 rings (SSSR count). The average Bonchev–Trinajstić information content (AvgIpc) is 3.86. The topological polar surface area (TPSA) is 48.5 Å². The van der Waals surface area contributed by atoms with Crippen LogP contribution < -0.4 is 0 Å². The minimum atomic E-state index is 0.587. The van der Waals surface area contributed by atoms with Gasteiger partial charge in [0.05, 0.1) is 27.8 Å². The smallest absolute Gasteiger partial charge is 0.238 e. The Morgan fingerprint density at radius 2 is 0.961 bits per heavy atom. The molecule has 4 heterocycles. The number of fused-ring (bicyclic) bond motifs is 10. The number of para-hydroxylation sites is 2. The summed E-state index contributed by atoms with van der Waals surface area (Å²) >= 11 is 1.85. The van der Waals surface area contributed by atoms with Crippen LogP contribution in [0.25, 0.3) is 98.2 Å². The van der Waals surface area contributed by atoms with Gasteiger partial charge in [0.25, 0.3) is 0 Å². The van der Waals surface area contributed by atoms with Gasteiger partial charge in [-0.2, -0.15) is 9.97 Å². The summed E-state index contributed by atoms with van der Waals surface area (Å²) in [5, 5.41) is 7.21. The van der Waals surface area contributed by atoms with E-state index in [4.69, 9.17) is 15.0 Å². The second-order valence-electron chi connectivity index (χ2n) is 12.8. The Balaban J connectivity index is 1.30. The average molecular weight is 670 g/mol. The molecule has 0 bridgehead atoms. The SMILES string of the molecule is c1ccc(-c2nc(-c3ccccc3)nc(-n3c4ccccc4c4ccc5c(c6ccccc6n5-c5cccc6sc7ccccc7c56)c43)n2)cc1. The van der Waals surface area contributed by atoms with Crippen molar-refractivity contribution < 1.29 is 0 Å². The first kappa shape index (κ1) is 28.2. The van der Waals surface area contributed by atoms with Gasteiger partial charge in [-0.05, 0) is 36.4 Å². The molecule has 0 saturated heterocycles. The monoisotopic (exact) mass is 669 g/mol. The minimum Gasteiger partial charge on any atom is -0.308 e. The van der Waals surface area contributed by atoms with Crippen LogP contribution in [-0.4, -0.2) is 24.1 Å². The van der Waals surface area contributed by atoms with E-state index >= 15 is 0 Å². The Kier molecular flexibility index (Phi) is 6.05. The Hall–Kier alpha value is -6.63. The molecule has 238 valence electrons. The minimum absolute atomic E-state index is 0.587. The van der Waals surface area contributed by atoms with E-state index in [1.54, 1.807) is 0 Å². The zero-order valence-corrected chi connectivity index (χ0v) is 28.0. The van der Waals surface area contributed by atoms with E-state index in [9.17, 15) is 0 Å². The van der Waals surface area contributed by atoms with Crippen LogP contribution >= 0.6 is 11.3 Å². The summed E-state index contributed by atoms with van der Waals surface area (Å²) in [5.74, 6) is 1.86. The number of thiophene rings is 1. The maximum absolute atomic E-state index is 5.23. The number of nitrogens with zero attached hydrogens (tertiary/aromatic N) is 5. The van der Waals surface area contributed by atoms with Crippen LogP contribution in [-0.2, 0) is 0 Å². The summed E-state index contributed by atoms with van der Waals surface area (Å²) < 4.78 is 7.28. The lowest BCUT2D eigenvalue weighted by atomic mass is 10.1. The second kappa shape index (κ2) is 10.9. The highest BCUT2D eigenvalue weighted by Gasteiger charge is 2.24. The molecule has 0 atom stereocenters. The molecule has 0 unspecified atom stereocenters. The summed E-state index contributed by atoms with van der Waals surface area (Å²) in [7, 11) is 0. The third-order valence-electron chi connectivity index (χ3n) is 9.98. The van der Waals surface area contributed by atoms with E-state index < -0.39 is 0 Å². The third-order valence-corrected chi connectivity index (χ3v) is 11.1. The molecule has 11 aromatic rings. The number of hydrogen-bond acceptors (Lipinski definition) is 4. The molecule has 0 spiro atoms. The van der Waals surface area contributed by atoms with Crippen molar-refractivity contribution >= 4 is 75.1 Å². The van der Waals surface area contributed by atoms with Crippen molar-refractivity contribution in [2.45, 2.75) is 0 Å².